The molecule has 0 aromatic heterocycles. The van der Waals surface area contributed by atoms with Crippen LogP contribution in [0.5, 0.6) is 17.2 Å². The molecule has 0 aliphatic carbocycles. The van der Waals surface area contributed by atoms with Crippen molar-refractivity contribution in [1.82, 2.24) is 4.90 Å². The zero-order valence-electron chi connectivity index (χ0n) is 17.2. The van der Waals surface area contributed by atoms with Crippen molar-refractivity contribution >= 4 is 29.9 Å². The fourth-order valence-corrected chi connectivity index (χ4v) is 4.12. The van der Waals surface area contributed by atoms with Gasteiger partial charge in [-0.2, -0.15) is 0 Å². The lowest BCUT2D eigenvalue weighted by molar-refractivity contribution is -0.139. The number of benzene rings is 1. The molecule has 2 heterocycles. The number of rotatable bonds is 6. The molecule has 0 bridgehead atoms. The van der Waals surface area contributed by atoms with Crippen molar-refractivity contribution in [3.05, 3.63) is 12.1 Å². The van der Waals surface area contributed by atoms with Crippen molar-refractivity contribution in [2.24, 2.45) is 11.7 Å². The molecule has 0 spiro atoms. The average molecular weight is 428 g/mol. The van der Waals surface area contributed by atoms with Gasteiger partial charge < -0.3 is 29.7 Å². The molecule has 29 heavy (non-hydrogen) atoms. The molecule has 2 aliphatic rings. The summed E-state index contributed by atoms with van der Waals surface area (Å²) < 4.78 is 16.1. The maximum Gasteiger partial charge on any atom is 0.228 e. The van der Waals surface area contributed by atoms with Crippen LogP contribution in [0.2, 0.25) is 0 Å². The first-order chi connectivity index (χ1) is 13.5. The summed E-state index contributed by atoms with van der Waals surface area (Å²) in [7, 11) is 4.59. The highest BCUT2D eigenvalue weighted by Crippen LogP contribution is 2.42. The van der Waals surface area contributed by atoms with E-state index in [1.165, 1.54) is 21.3 Å². The summed E-state index contributed by atoms with van der Waals surface area (Å²) in [6, 6.07) is 3.54. The number of hydrogen-bond acceptors (Lipinski definition) is 6. The zero-order chi connectivity index (χ0) is 20.3. The Morgan fingerprint density at radius 3 is 2.34 bits per heavy atom. The van der Waals surface area contributed by atoms with Crippen LogP contribution in [0.3, 0.4) is 0 Å². The quantitative estimate of drug-likeness (QED) is 0.744. The van der Waals surface area contributed by atoms with Crippen LogP contribution in [0.1, 0.15) is 25.7 Å². The van der Waals surface area contributed by atoms with Crippen LogP contribution in [0, 0.1) is 5.92 Å². The van der Waals surface area contributed by atoms with Crippen LogP contribution >= 0.6 is 12.4 Å². The van der Waals surface area contributed by atoms with E-state index < -0.39 is 0 Å². The van der Waals surface area contributed by atoms with Crippen LogP contribution in [0.4, 0.5) is 5.69 Å². The molecule has 2 aliphatic heterocycles. The summed E-state index contributed by atoms with van der Waals surface area (Å²) in [5.74, 6) is 0.982. The molecule has 2 unspecified atom stereocenters. The Balaban J connectivity index is 0.00000300. The summed E-state index contributed by atoms with van der Waals surface area (Å²) >= 11 is 0. The van der Waals surface area contributed by atoms with Gasteiger partial charge in [-0.1, -0.05) is 0 Å². The van der Waals surface area contributed by atoms with Crippen molar-refractivity contribution < 1.29 is 23.8 Å². The number of hydrogen-bond donors (Lipinski definition) is 1. The van der Waals surface area contributed by atoms with Crippen LogP contribution in [-0.2, 0) is 9.59 Å². The zero-order valence-corrected chi connectivity index (χ0v) is 18.0. The van der Waals surface area contributed by atoms with Crippen LogP contribution in [0.15, 0.2) is 12.1 Å². The van der Waals surface area contributed by atoms with E-state index in [1.807, 2.05) is 4.90 Å². The summed E-state index contributed by atoms with van der Waals surface area (Å²) in [6.07, 6.45) is 3.20. The Kier molecular flexibility index (Phi) is 7.98. The molecule has 2 atom stereocenters. The first kappa shape index (κ1) is 23.1. The van der Waals surface area contributed by atoms with Gasteiger partial charge in [0.25, 0.3) is 0 Å². The molecule has 8 nitrogen and oxygen atoms in total. The second-order valence-electron chi connectivity index (χ2n) is 7.21. The molecule has 2 amide bonds. The number of methoxy groups -OCH3 is 3. The van der Waals surface area contributed by atoms with Crippen molar-refractivity contribution in [3.8, 4) is 17.2 Å². The van der Waals surface area contributed by atoms with Gasteiger partial charge >= 0.3 is 0 Å². The fourth-order valence-electron chi connectivity index (χ4n) is 4.12. The molecule has 3 rings (SSSR count). The molecular weight excluding hydrogens is 398 g/mol. The highest BCUT2D eigenvalue weighted by atomic mass is 35.5. The molecule has 2 fully saturated rings. The van der Waals surface area contributed by atoms with E-state index in [0.29, 0.717) is 36.0 Å². The molecule has 2 N–H and O–H groups in total. The van der Waals surface area contributed by atoms with Crippen molar-refractivity contribution in [2.75, 3.05) is 45.9 Å². The van der Waals surface area contributed by atoms with Crippen LogP contribution in [-0.4, -0.2) is 63.7 Å². The summed E-state index contributed by atoms with van der Waals surface area (Å²) in [4.78, 5) is 29.3. The van der Waals surface area contributed by atoms with E-state index in [1.54, 1.807) is 17.0 Å². The van der Waals surface area contributed by atoms with E-state index in [2.05, 4.69) is 0 Å². The van der Waals surface area contributed by atoms with Gasteiger partial charge in [-0.3, -0.25) is 9.59 Å². The minimum Gasteiger partial charge on any atom is -0.493 e. The molecule has 0 radical (unpaired) electrons. The first-order valence-electron chi connectivity index (χ1n) is 9.65. The summed E-state index contributed by atoms with van der Waals surface area (Å²) in [5, 5.41) is 0. The second-order valence-corrected chi connectivity index (χ2v) is 7.21. The number of nitrogens with zero attached hydrogens (tertiary/aromatic N) is 2. The second kappa shape index (κ2) is 10.0. The largest absolute Gasteiger partial charge is 0.493 e. The van der Waals surface area contributed by atoms with Gasteiger partial charge in [-0.05, 0) is 19.3 Å². The fraction of sp³-hybridized carbons (Fsp3) is 0.600. The van der Waals surface area contributed by atoms with Gasteiger partial charge in [-0.15, -0.1) is 12.4 Å². The SMILES string of the molecule is COc1cc(N2CC(C(=O)N3CCCCC3CN)CC2=O)cc(OC)c1OC.Cl. The topological polar surface area (TPSA) is 94.3 Å². The number of piperidine rings is 1. The highest BCUT2D eigenvalue weighted by molar-refractivity contribution is 6.00. The number of nitrogens with two attached hydrogens (primary N) is 1. The minimum absolute atomic E-state index is 0. The lowest BCUT2D eigenvalue weighted by Gasteiger charge is -2.36. The number of carbonyl (C=O) groups excluding carboxylic acids is 2. The number of likely N-dealkylation sites (tertiary alicyclic amines) is 1. The maximum atomic E-state index is 13.1. The third-order valence-electron chi connectivity index (χ3n) is 5.62. The van der Waals surface area contributed by atoms with Gasteiger partial charge in [0, 0.05) is 44.2 Å². The van der Waals surface area contributed by atoms with Gasteiger partial charge in [-0.25, -0.2) is 0 Å². The Hall–Kier alpha value is -2.19. The maximum absolute atomic E-state index is 13.1. The van der Waals surface area contributed by atoms with E-state index >= 15 is 0 Å². The third kappa shape index (κ3) is 4.53. The number of amides is 2. The van der Waals surface area contributed by atoms with E-state index in [0.717, 1.165) is 25.8 Å². The normalized spacial score (nSPS) is 21.6. The van der Waals surface area contributed by atoms with E-state index in [-0.39, 0.29) is 42.6 Å². The standard InChI is InChI=1S/C20H29N3O5.ClH/c1-26-16-9-15(10-17(27-2)19(16)28-3)23-12-13(8-18(23)24)20(25)22-7-5-4-6-14(22)11-21;/h9-10,13-14H,4-8,11-12,21H2,1-3H3;1H. The number of halogens is 1. The van der Waals surface area contributed by atoms with Gasteiger partial charge in [0.2, 0.25) is 17.6 Å². The van der Waals surface area contributed by atoms with Crippen LogP contribution in [0.25, 0.3) is 0 Å². The Labute approximate surface area is 177 Å². The Morgan fingerprint density at radius 1 is 1.14 bits per heavy atom. The Bertz CT molecular complexity index is 720. The average Bonchev–Trinajstić information content (AvgIpc) is 3.13. The number of carbonyl (C=O) groups is 2. The first-order valence-corrected chi connectivity index (χ1v) is 9.65. The molecular formula is C20H30ClN3O5. The smallest absolute Gasteiger partial charge is 0.228 e. The van der Waals surface area contributed by atoms with Crippen molar-refractivity contribution in [1.29, 1.82) is 0 Å². The lowest BCUT2D eigenvalue weighted by Crippen LogP contribution is -2.50. The monoisotopic (exact) mass is 427 g/mol. The van der Waals surface area contributed by atoms with Crippen LogP contribution < -0.4 is 24.8 Å². The predicted molar refractivity (Wildman–Crippen MR) is 112 cm³/mol. The van der Waals surface area contributed by atoms with Gasteiger partial charge in [0.05, 0.1) is 32.9 Å². The third-order valence-corrected chi connectivity index (χ3v) is 5.62. The summed E-state index contributed by atoms with van der Waals surface area (Å²) in [5.41, 5.74) is 6.48. The molecule has 1 aromatic rings. The van der Waals surface area contributed by atoms with E-state index in [4.69, 9.17) is 19.9 Å². The van der Waals surface area contributed by atoms with Crippen molar-refractivity contribution in [3.63, 3.8) is 0 Å². The number of anilines is 1. The van der Waals surface area contributed by atoms with E-state index in [9.17, 15) is 9.59 Å². The molecule has 9 heteroatoms. The van der Waals surface area contributed by atoms with Gasteiger partial charge in [0.1, 0.15) is 0 Å². The predicted octanol–water partition coefficient (Wildman–Crippen LogP) is 1.83. The highest BCUT2D eigenvalue weighted by Gasteiger charge is 2.39. The van der Waals surface area contributed by atoms with Crippen molar-refractivity contribution in [2.45, 2.75) is 31.7 Å². The molecule has 0 saturated carbocycles. The number of ether oxygens (including phenoxy) is 3. The lowest BCUT2D eigenvalue weighted by atomic mass is 9.98. The molecule has 1 aromatic carbocycles. The molecule has 2 saturated heterocycles. The van der Waals surface area contributed by atoms with Gasteiger partial charge in [0.15, 0.2) is 11.5 Å². The molecule has 162 valence electrons. The minimum atomic E-state index is -0.362. The Morgan fingerprint density at radius 2 is 1.79 bits per heavy atom. The summed E-state index contributed by atoms with van der Waals surface area (Å²) in [6.45, 7) is 1.52.